The molecule has 6 nitrogen and oxygen atoms in total. The number of rotatable bonds is 6. The molecule has 1 aromatic heterocycles. The van der Waals surface area contributed by atoms with Gasteiger partial charge in [-0.05, 0) is 24.8 Å². The average molecular weight is 291 g/mol. The van der Waals surface area contributed by atoms with Crippen molar-refractivity contribution in [3.8, 4) is 0 Å². The second kappa shape index (κ2) is 6.58. The molecule has 0 atom stereocenters. The first-order valence-electron chi connectivity index (χ1n) is 7.89. The van der Waals surface area contributed by atoms with E-state index in [9.17, 15) is 4.79 Å². The summed E-state index contributed by atoms with van der Waals surface area (Å²) in [5, 5.41) is 7.24. The molecule has 1 aromatic rings. The Bertz CT molecular complexity index is 474. The molecule has 2 aliphatic rings. The highest BCUT2D eigenvalue weighted by molar-refractivity contribution is 5.78. The van der Waals surface area contributed by atoms with E-state index in [0.29, 0.717) is 6.54 Å². The predicted molar refractivity (Wildman–Crippen MR) is 80.7 cm³/mol. The van der Waals surface area contributed by atoms with Crippen molar-refractivity contribution in [1.82, 2.24) is 24.9 Å². The number of hydrogen-bond donors (Lipinski definition) is 1. The molecule has 0 radical (unpaired) electrons. The molecular formula is C15H25N5O. The smallest absolute Gasteiger partial charge is 0.234 e. The van der Waals surface area contributed by atoms with Crippen LogP contribution in [0.2, 0.25) is 0 Å². The second-order valence-corrected chi connectivity index (χ2v) is 6.25. The molecule has 6 heteroatoms. The van der Waals surface area contributed by atoms with Gasteiger partial charge in [-0.15, -0.1) is 0 Å². The van der Waals surface area contributed by atoms with E-state index in [1.54, 1.807) is 0 Å². The zero-order chi connectivity index (χ0) is 14.7. The zero-order valence-electron chi connectivity index (χ0n) is 12.8. The molecule has 1 aliphatic heterocycles. The van der Waals surface area contributed by atoms with Crippen LogP contribution in [0.3, 0.4) is 0 Å². The van der Waals surface area contributed by atoms with E-state index in [0.717, 1.165) is 45.2 Å². The molecule has 2 heterocycles. The number of amides is 1. The average Bonchev–Trinajstić information content (AvgIpc) is 3.23. The fourth-order valence-electron chi connectivity index (χ4n) is 2.73. The summed E-state index contributed by atoms with van der Waals surface area (Å²) >= 11 is 0. The Morgan fingerprint density at radius 3 is 2.62 bits per heavy atom. The third-order valence-corrected chi connectivity index (χ3v) is 4.43. The first-order chi connectivity index (χ1) is 10.2. The van der Waals surface area contributed by atoms with Crippen molar-refractivity contribution in [2.45, 2.75) is 19.4 Å². The standard InChI is InChI=1S/C15H25N5O/c1-18-14(4-5-17-18)11-19-6-8-20(9-7-19)12-15(21)16-10-13-2-3-13/h4-5,13H,2-3,6-12H2,1H3,(H,16,21). The molecule has 2 fully saturated rings. The third-order valence-electron chi connectivity index (χ3n) is 4.43. The van der Waals surface area contributed by atoms with Gasteiger partial charge in [0.15, 0.2) is 0 Å². The Morgan fingerprint density at radius 2 is 2.00 bits per heavy atom. The molecular weight excluding hydrogens is 266 g/mol. The summed E-state index contributed by atoms with van der Waals surface area (Å²) < 4.78 is 1.93. The lowest BCUT2D eigenvalue weighted by molar-refractivity contribution is -0.122. The summed E-state index contributed by atoms with van der Waals surface area (Å²) in [5.41, 5.74) is 1.24. The van der Waals surface area contributed by atoms with Crippen molar-refractivity contribution in [1.29, 1.82) is 0 Å². The molecule has 0 bridgehead atoms. The maximum atomic E-state index is 11.8. The van der Waals surface area contributed by atoms with E-state index in [4.69, 9.17) is 0 Å². The maximum Gasteiger partial charge on any atom is 0.234 e. The van der Waals surface area contributed by atoms with Crippen molar-refractivity contribution in [2.24, 2.45) is 13.0 Å². The Hall–Kier alpha value is -1.40. The lowest BCUT2D eigenvalue weighted by atomic mass is 10.3. The minimum atomic E-state index is 0.182. The van der Waals surface area contributed by atoms with Crippen LogP contribution >= 0.6 is 0 Å². The lowest BCUT2D eigenvalue weighted by Crippen LogP contribution is -2.49. The number of nitrogens with one attached hydrogen (secondary N) is 1. The van der Waals surface area contributed by atoms with Crippen LogP contribution in [0.4, 0.5) is 0 Å². The highest BCUT2D eigenvalue weighted by Gasteiger charge is 2.23. The number of hydrogen-bond acceptors (Lipinski definition) is 4. The van der Waals surface area contributed by atoms with Crippen LogP contribution in [-0.2, 0) is 18.4 Å². The molecule has 0 aromatic carbocycles. The van der Waals surface area contributed by atoms with Gasteiger partial charge in [0, 0.05) is 52.5 Å². The fourth-order valence-corrected chi connectivity index (χ4v) is 2.73. The maximum absolute atomic E-state index is 11.8. The van der Waals surface area contributed by atoms with Crippen LogP contribution < -0.4 is 5.32 Å². The van der Waals surface area contributed by atoms with Gasteiger partial charge in [0.1, 0.15) is 0 Å². The Balaban J connectivity index is 1.36. The molecule has 1 saturated heterocycles. The summed E-state index contributed by atoms with van der Waals surface area (Å²) in [7, 11) is 1.98. The van der Waals surface area contributed by atoms with E-state index in [1.165, 1.54) is 18.5 Å². The predicted octanol–water partition coefficient (Wildman–Crippen LogP) is 0.0639. The van der Waals surface area contributed by atoms with Crippen molar-refractivity contribution in [3.05, 3.63) is 18.0 Å². The monoisotopic (exact) mass is 291 g/mol. The van der Waals surface area contributed by atoms with E-state index in [-0.39, 0.29) is 5.91 Å². The molecule has 3 rings (SSSR count). The van der Waals surface area contributed by atoms with Crippen molar-refractivity contribution in [3.63, 3.8) is 0 Å². The SMILES string of the molecule is Cn1nccc1CN1CCN(CC(=O)NCC2CC2)CC1. The number of carbonyl (C=O) groups is 1. The summed E-state index contributed by atoms with van der Waals surface area (Å²) in [5.74, 6) is 0.937. The first-order valence-corrected chi connectivity index (χ1v) is 7.89. The van der Waals surface area contributed by atoms with Gasteiger partial charge >= 0.3 is 0 Å². The van der Waals surface area contributed by atoms with Gasteiger partial charge in [0.2, 0.25) is 5.91 Å². The normalized spacial score (nSPS) is 20.6. The van der Waals surface area contributed by atoms with Gasteiger partial charge in [0.05, 0.1) is 12.2 Å². The Labute approximate surface area is 126 Å². The van der Waals surface area contributed by atoms with Gasteiger partial charge in [-0.3, -0.25) is 19.3 Å². The zero-order valence-corrected chi connectivity index (χ0v) is 12.8. The number of nitrogens with zero attached hydrogens (tertiary/aromatic N) is 4. The molecule has 1 N–H and O–H groups in total. The van der Waals surface area contributed by atoms with Crippen LogP contribution in [0, 0.1) is 5.92 Å². The number of aromatic nitrogens is 2. The fraction of sp³-hybridized carbons (Fsp3) is 0.733. The molecule has 0 spiro atoms. The van der Waals surface area contributed by atoms with Crippen LogP contribution in [0.5, 0.6) is 0 Å². The highest BCUT2D eigenvalue weighted by atomic mass is 16.2. The second-order valence-electron chi connectivity index (χ2n) is 6.25. The minimum absolute atomic E-state index is 0.182. The number of aryl methyl sites for hydroxylation is 1. The summed E-state index contributed by atoms with van der Waals surface area (Å²) in [6, 6.07) is 2.07. The van der Waals surface area contributed by atoms with Crippen molar-refractivity contribution < 1.29 is 4.79 Å². The topological polar surface area (TPSA) is 53.4 Å². The molecule has 0 unspecified atom stereocenters. The minimum Gasteiger partial charge on any atom is -0.355 e. The summed E-state index contributed by atoms with van der Waals surface area (Å²) in [6.45, 7) is 6.33. The van der Waals surface area contributed by atoms with Gasteiger partial charge in [-0.1, -0.05) is 0 Å². The lowest BCUT2D eigenvalue weighted by Gasteiger charge is -2.34. The van der Waals surface area contributed by atoms with E-state index in [1.807, 2.05) is 17.9 Å². The van der Waals surface area contributed by atoms with Gasteiger partial charge in [0.25, 0.3) is 0 Å². The van der Waals surface area contributed by atoms with Crippen molar-refractivity contribution in [2.75, 3.05) is 39.3 Å². The third kappa shape index (κ3) is 4.28. The highest BCUT2D eigenvalue weighted by Crippen LogP contribution is 2.27. The molecule has 21 heavy (non-hydrogen) atoms. The Morgan fingerprint density at radius 1 is 1.29 bits per heavy atom. The van der Waals surface area contributed by atoms with Crippen LogP contribution in [0.1, 0.15) is 18.5 Å². The molecule has 116 valence electrons. The molecule has 1 amide bonds. The van der Waals surface area contributed by atoms with Gasteiger partial charge < -0.3 is 5.32 Å². The van der Waals surface area contributed by atoms with Gasteiger partial charge in [-0.2, -0.15) is 5.10 Å². The summed E-state index contributed by atoms with van der Waals surface area (Å²) in [4.78, 5) is 16.5. The quantitative estimate of drug-likeness (QED) is 0.805. The van der Waals surface area contributed by atoms with Crippen LogP contribution in [-0.4, -0.2) is 64.8 Å². The largest absolute Gasteiger partial charge is 0.355 e. The van der Waals surface area contributed by atoms with Crippen LogP contribution in [0.15, 0.2) is 12.3 Å². The number of carbonyl (C=O) groups excluding carboxylic acids is 1. The van der Waals surface area contributed by atoms with E-state index in [2.05, 4.69) is 26.3 Å². The van der Waals surface area contributed by atoms with Crippen LogP contribution in [0.25, 0.3) is 0 Å². The molecule has 1 aliphatic carbocycles. The van der Waals surface area contributed by atoms with Crippen molar-refractivity contribution >= 4 is 5.91 Å². The van der Waals surface area contributed by atoms with E-state index >= 15 is 0 Å². The Kier molecular flexibility index (Phi) is 4.55. The first kappa shape index (κ1) is 14.5. The summed E-state index contributed by atoms with van der Waals surface area (Å²) in [6.07, 6.45) is 4.41. The molecule has 1 saturated carbocycles. The van der Waals surface area contributed by atoms with Gasteiger partial charge in [-0.25, -0.2) is 0 Å². The van der Waals surface area contributed by atoms with E-state index < -0.39 is 0 Å². The number of piperazine rings is 1.